The third kappa shape index (κ3) is 7.62. The van der Waals surface area contributed by atoms with Crippen LogP contribution in [0.5, 0.6) is 0 Å². The number of hydrogen-bond donors (Lipinski definition) is 3. The van der Waals surface area contributed by atoms with Crippen molar-refractivity contribution in [2.24, 2.45) is 4.99 Å². The highest BCUT2D eigenvalue weighted by molar-refractivity contribution is 14.0. The molecule has 1 aromatic rings. The smallest absolute Gasteiger partial charge is 0.240 e. The summed E-state index contributed by atoms with van der Waals surface area (Å²) < 4.78 is 26.8. The highest BCUT2D eigenvalue weighted by Gasteiger charge is 2.21. The fourth-order valence-corrected chi connectivity index (χ4v) is 3.83. The first-order valence-corrected chi connectivity index (χ1v) is 10.2. The largest absolute Gasteiger partial charge is 0.355 e. The molecule has 1 aliphatic heterocycles. The van der Waals surface area contributed by atoms with Crippen molar-refractivity contribution >= 4 is 45.9 Å². The summed E-state index contributed by atoms with van der Waals surface area (Å²) in [5, 5.41) is 6.42. The van der Waals surface area contributed by atoms with E-state index >= 15 is 0 Å². The number of aliphatic imine (C=N–C) groups is 1. The van der Waals surface area contributed by atoms with Crippen molar-refractivity contribution < 1.29 is 13.2 Å². The van der Waals surface area contributed by atoms with Gasteiger partial charge in [0.2, 0.25) is 15.9 Å². The van der Waals surface area contributed by atoms with Crippen molar-refractivity contribution in [1.29, 1.82) is 0 Å². The zero-order valence-corrected chi connectivity index (χ0v) is 18.8. The normalized spacial score (nSPS) is 15.8. The van der Waals surface area contributed by atoms with E-state index < -0.39 is 10.0 Å². The van der Waals surface area contributed by atoms with Crippen LogP contribution in [0.1, 0.15) is 19.8 Å². The van der Waals surface area contributed by atoms with Gasteiger partial charge in [-0.05, 0) is 25.0 Å². The maximum absolute atomic E-state index is 12.1. The Hall–Kier alpha value is -1.40. The van der Waals surface area contributed by atoms with E-state index in [9.17, 15) is 13.2 Å². The summed E-state index contributed by atoms with van der Waals surface area (Å²) in [6.07, 6.45) is 1.72. The SMILES string of the molecule is CN=C(NCCNS(=O)(=O)c1ccccc1)NC1CCN(C(C)=O)CC1.I. The van der Waals surface area contributed by atoms with Crippen molar-refractivity contribution in [3.05, 3.63) is 30.3 Å². The molecular weight excluding hydrogens is 481 g/mol. The monoisotopic (exact) mass is 509 g/mol. The topological polar surface area (TPSA) is 103 Å². The van der Waals surface area contributed by atoms with Crippen molar-refractivity contribution in [3.63, 3.8) is 0 Å². The second-order valence-electron chi connectivity index (χ2n) is 6.13. The van der Waals surface area contributed by atoms with Gasteiger partial charge < -0.3 is 15.5 Å². The molecule has 1 fully saturated rings. The molecule has 0 radical (unpaired) electrons. The molecule has 0 aromatic heterocycles. The van der Waals surface area contributed by atoms with Crippen LogP contribution in [0.3, 0.4) is 0 Å². The molecule has 152 valence electrons. The van der Waals surface area contributed by atoms with Crippen LogP contribution in [-0.2, 0) is 14.8 Å². The molecule has 1 amide bonds. The molecule has 1 saturated heterocycles. The van der Waals surface area contributed by atoms with Gasteiger partial charge >= 0.3 is 0 Å². The molecule has 1 heterocycles. The zero-order valence-electron chi connectivity index (χ0n) is 15.6. The summed E-state index contributed by atoms with van der Waals surface area (Å²) in [7, 11) is -1.82. The molecule has 0 saturated carbocycles. The van der Waals surface area contributed by atoms with Crippen molar-refractivity contribution in [3.8, 4) is 0 Å². The number of carbonyl (C=O) groups excluding carboxylic acids is 1. The number of piperidine rings is 1. The van der Waals surface area contributed by atoms with Gasteiger partial charge in [-0.15, -0.1) is 24.0 Å². The second kappa shape index (κ2) is 11.4. The maximum Gasteiger partial charge on any atom is 0.240 e. The molecule has 0 spiro atoms. The fourth-order valence-electron chi connectivity index (χ4n) is 2.78. The van der Waals surface area contributed by atoms with Crippen LogP contribution in [0.15, 0.2) is 40.2 Å². The Morgan fingerprint density at radius 2 is 1.81 bits per heavy atom. The van der Waals surface area contributed by atoms with Crippen LogP contribution >= 0.6 is 24.0 Å². The standard InChI is InChI=1S/C17H27N5O3S.HI/c1-14(23)22-12-8-15(9-13-22)21-17(18-2)19-10-11-20-26(24,25)16-6-4-3-5-7-16;/h3-7,15,20H,8-13H2,1-2H3,(H2,18,19,21);1H. The number of carbonyl (C=O) groups is 1. The van der Waals surface area contributed by atoms with E-state index in [0.717, 1.165) is 25.9 Å². The molecule has 0 aliphatic carbocycles. The van der Waals surface area contributed by atoms with E-state index in [4.69, 9.17) is 0 Å². The average molecular weight is 509 g/mol. The summed E-state index contributed by atoms with van der Waals surface area (Å²) in [5.41, 5.74) is 0. The molecule has 1 aromatic carbocycles. The van der Waals surface area contributed by atoms with Gasteiger partial charge in [0, 0.05) is 46.2 Å². The number of hydrogen-bond acceptors (Lipinski definition) is 4. The molecule has 27 heavy (non-hydrogen) atoms. The molecular formula is C17H28IN5O3S. The first-order valence-electron chi connectivity index (χ1n) is 8.70. The van der Waals surface area contributed by atoms with Crippen LogP contribution in [0.4, 0.5) is 0 Å². The predicted octanol–water partition coefficient (Wildman–Crippen LogP) is 0.759. The van der Waals surface area contributed by atoms with Crippen molar-refractivity contribution in [2.45, 2.75) is 30.7 Å². The number of nitrogens with zero attached hydrogens (tertiary/aromatic N) is 2. The number of sulfonamides is 1. The molecule has 0 atom stereocenters. The lowest BCUT2D eigenvalue weighted by Gasteiger charge is -2.32. The number of benzene rings is 1. The van der Waals surface area contributed by atoms with Crippen molar-refractivity contribution in [2.75, 3.05) is 33.2 Å². The quantitative estimate of drug-likeness (QED) is 0.228. The van der Waals surface area contributed by atoms with Crippen LogP contribution in [-0.4, -0.2) is 64.5 Å². The molecule has 0 bridgehead atoms. The van der Waals surface area contributed by atoms with Gasteiger partial charge in [-0.3, -0.25) is 9.79 Å². The predicted molar refractivity (Wildman–Crippen MR) is 117 cm³/mol. The Kier molecular flexibility index (Phi) is 10.0. The molecule has 3 N–H and O–H groups in total. The third-order valence-electron chi connectivity index (χ3n) is 4.27. The van der Waals surface area contributed by atoms with Crippen LogP contribution < -0.4 is 15.4 Å². The average Bonchev–Trinajstić information content (AvgIpc) is 2.65. The van der Waals surface area contributed by atoms with Gasteiger partial charge in [0.05, 0.1) is 4.90 Å². The number of nitrogens with one attached hydrogen (secondary N) is 3. The summed E-state index contributed by atoms with van der Waals surface area (Å²) >= 11 is 0. The third-order valence-corrected chi connectivity index (χ3v) is 5.74. The number of halogens is 1. The number of amides is 1. The van der Waals surface area contributed by atoms with Gasteiger partial charge in [-0.1, -0.05) is 18.2 Å². The molecule has 2 rings (SSSR count). The summed E-state index contributed by atoms with van der Waals surface area (Å²) in [6, 6.07) is 8.52. The number of rotatable bonds is 6. The van der Waals surface area contributed by atoms with E-state index in [1.165, 1.54) is 0 Å². The Labute approximate surface area is 178 Å². The van der Waals surface area contributed by atoms with Crippen LogP contribution in [0.2, 0.25) is 0 Å². The molecule has 0 unspecified atom stereocenters. The van der Waals surface area contributed by atoms with Gasteiger partial charge in [-0.25, -0.2) is 13.1 Å². The van der Waals surface area contributed by atoms with Gasteiger partial charge in [-0.2, -0.15) is 0 Å². The highest BCUT2D eigenvalue weighted by atomic mass is 127. The lowest BCUT2D eigenvalue weighted by molar-refractivity contribution is -0.129. The van der Waals surface area contributed by atoms with Crippen LogP contribution in [0.25, 0.3) is 0 Å². The summed E-state index contributed by atoms with van der Waals surface area (Å²) in [5.74, 6) is 0.738. The highest BCUT2D eigenvalue weighted by Crippen LogP contribution is 2.10. The number of guanidine groups is 1. The minimum absolute atomic E-state index is 0. The second-order valence-corrected chi connectivity index (χ2v) is 7.90. The van der Waals surface area contributed by atoms with E-state index in [1.807, 2.05) is 4.90 Å². The minimum Gasteiger partial charge on any atom is -0.355 e. The molecule has 8 nitrogen and oxygen atoms in total. The Morgan fingerprint density at radius 3 is 2.37 bits per heavy atom. The first-order chi connectivity index (χ1) is 12.4. The lowest BCUT2D eigenvalue weighted by atomic mass is 10.1. The fraction of sp³-hybridized carbons (Fsp3) is 0.529. The minimum atomic E-state index is -3.49. The van der Waals surface area contributed by atoms with Gasteiger partial charge in [0.15, 0.2) is 5.96 Å². The maximum atomic E-state index is 12.1. The lowest BCUT2D eigenvalue weighted by Crippen LogP contribution is -2.50. The van der Waals surface area contributed by atoms with Crippen LogP contribution in [0, 0.1) is 0 Å². The molecule has 10 heteroatoms. The number of likely N-dealkylation sites (tertiary alicyclic amines) is 1. The summed E-state index contributed by atoms with van der Waals surface area (Å²) in [6.45, 7) is 3.73. The summed E-state index contributed by atoms with van der Waals surface area (Å²) in [4.78, 5) is 17.6. The van der Waals surface area contributed by atoms with Crippen molar-refractivity contribution in [1.82, 2.24) is 20.3 Å². The first kappa shape index (κ1) is 23.6. The van der Waals surface area contributed by atoms with Gasteiger partial charge in [0.25, 0.3) is 0 Å². The zero-order chi connectivity index (χ0) is 19.0. The Balaban J connectivity index is 0.00000364. The van der Waals surface area contributed by atoms with E-state index in [0.29, 0.717) is 12.5 Å². The Morgan fingerprint density at radius 1 is 1.19 bits per heavy atom. The van der Waals surface area contributed by atoms with E-state index in [2.05, 4.69) is 20.3 Å². The Bertz CT molecular complexity index is 719. The van der Waals surface area contributed by atoms with Gasteiger partial charge in [0.1, 0.15) is 0 Å². The van der Waals surface area contributed by atoms with E-state index in [-0.39, 0.29) is 47.4 Å². The molecule has 1 aliphatic rings. The van der Waals surface area contributed by atoms with E-state index in [1.54, 1.807) is 44.3 Å².